The topological polar surface area (TPSA) is 20.3 Å². The minimum Gasteiger partial charge on any atom is -0.372 e. The first-order valence-corrected chi connectivity index (χ1v) is 6.13. The molecule has 1 atom stereocenters. The van der Waals surface area contributed by atoms with Crippen molar-refractivity contribution in [1.82, 2.24) is 0 Å². The van der Waals surface area contributed by atoms with Crippen molar-refractivity contribution in [3.8, 4) is 0 Å². The molecular formula is C14H19NO. The highest BCUT2D eigenvalue weighted by Gasteiger charge is 2.22. The maximum atomic E-state index is 10.9. The number of nitrogens with zero attached hydrogens (tertiary/aromatic N) is 1. The van der Waals surface area contributed by atoms with Gasteiger partial charge in [-0.2, -0.15) is 0 Å². The maximum absolute atomic E-state index is 10.9. The fourth-order valence-corrected chi connectivity index (χ4v) is 2.56. The Bertz CT molecular complexity index is 382. The molecule has 0 heterocycles. The van der Waals surface area contributed by atoms with Gasteiger partial charge in [0.25, 0.3) is 0 Å². The molecule has 0 spiro atoms. The Hall–Kier alpha value is -1.31. The summed E-state index contributed by atoms with van der Waals surface area (Å²) in [7, 11) is 0. The van der Waals surface area contributed by atoms with Gasteiger partial charge in [0.2, 0.25) is 0 Å². The van der Waals surface area contributed by atoms with E-state index in [0.717, 1.165) is 32.2 Å². The van der Waals surface area contributed by atoms with Gasteiger partial charge in [-0.3, -0.25) is 0 Å². The first-order chi connectivity index (χ1) is 7.80. The van der Waals surface area contributed by atoms with E-state index in [0.29, 0.717) is 0 Å². The molecular weight excluding hydrogens is 198 g/mol. The predicted octanol–water partition coefficient (Wildman–Crippen LogP) is 2.76. The van der Waals surface area contributed by atoms with Gasteiger partial charge in [-0.05, 0) is 49.9 Å². The summed E-state index contributed by atoms with van der Waals surface area (Å²) >= 11 is 0. The van der Waals surface area contributed by atoms with E-state index in [1.807, 2.05) is 0 Å². The molecule has 2 nitrogen and oxygen atoms in total. The summed E-state index contributed by atoms with van der Waals surface area (Å²) in [6, 6.07) is 6.54. The predicted molar refractivity (Wildman–Crippen MR) is 67.1 cm³/mol. The summed E-state index contributed by atoms with van der Waals surface area (Å²) in [6.07, 6.45) is 3.12. The average molecular weight is 217 g/mol. The average Bonchev–Trinajstić information content (AvgIpc) is 2.73. The lowest BCUT2D eigenvalue weighted by Crippen LogP contribution is -2.21. The molecule has 0 saturated carbocycles. The summed E-state index contributed by atoms with van der Waals surface area (Å²) in [4.78, 5) is 13.2. The molecule has 2 rings (SSSR count). The van der Waals surface area contributed by atoms with Gasteiger partial charge >= 0.3 is 0 Å². The Morgan fingerprint density at radius 3 is 2.75 bits per heavy atom. The second kappa shape index (κ2) is 4.69. The first kappa shape index (κ1) is 11.2. The van der Waals surface area contributed by atoms with Crippen molar-refractivity contribution in [1.29, 1.82) is 0 Å². The zero-order valence-corrected chi connectivity index (χ0v) is 10.1. The Kier molecular flexibility index (Phi) is 3.28. The largest absolute Gasteiger partial charge is 0.372 e. The fourth-order valence-electron chi connectivity index (χ4n) is 2.56. The molecule has 0 radical (unpaired) electrons. The standard InChI is InChI=1S/C14H19NO/c1-3-15(4-2)13-7-8-14-11(9-13)5-6-12(14)10-16/h7-10,12H,3-6H2,1-2H3. The molecule has 1 unspecified atom stereocenters. The summed E-state index contributed by atoms with van der Waals surface area (Å²) < 4.78 is 0. The van der Waals surface area contributed by atoms with Crippen LogP contribution in [0.15, 0.2) is 18.2 Å². The highest BCUT2D eigenvalue weighted by molar-refractivity contribution is 5.67. The summed E-state index contributed by atoms with van der Waals surface area (Å²) in [5.74, 6) is 0.140. The molecule has 86 valence electrons. The molecule has 0 N–H and O–H groups in total. The van der Waals surface area contributed by atoms with Crippen LogP contribution in [0, 0.1) is 0 Å². The Balaban J connectivity index is 2.30. The number of benzene rings is 1. The van der Waals surface area contributed by atoms with Crippen LogP contribution in [0.25, 0.3) is 0 Å². The summed E-state index contributed by atoms with van der Waals surface area (Å²) in [6.45, 7) is 6.41. The van der Waals surface area contributed by atoms with Crippen molar-refractivity contribution in [2.75, 3.05) is 18.0 Å². The van der Waals surface area contributed by atoms with E-state index < -0.39 is 0 Å². The smallest absolute Gasteiger partial charge is 0.127 e. The number of fused-ring (bicyclic) bond motifs is 1. The zero-order chi connectivity index (χ0) is 11.5. The van der Waals surface area contributed by atoms with E-state index >= 15 is 0 Å². The Labute approximate surface area is 97.3 Å². The van der Waals surface area contributed by atoms with Crippen LogP contribution < -0.4 is 4.90 Å². The van der Waals surface area contributed by atoms with Crippen molar-refractivity contribution >= 4 is 12.0 Å². The van der Waals surface area contributed by atoms with Gasteiger partial charge in [0.15, 0.2) is 0 Å². The highest BCUT2D eigenvalue weighted by atomic mass is 16.1. The van der Waals surface area contributed by atoms with E-state index in [1.165, 1.54) is 16.8 Å². The lowest BCUT2D eigenvalue weighted by Gasteiger charge is -2.21. The number of rotatable bonds is 4. The van der Waals surface area contributed by atoms with Gasteiger partial charge in [0.1, 0.15) is 6.29 Å². The van der Waals surface area contributed by atoms with Crippen LogP contribution in [0.2, 0.25) is 0 Å². The monoisotopic (exact) mass is 217 g/mol. The molecule has 0 bridgehead atoms. The van der Waals surface area contributed by atoms with Crippen LogP contribution in [0.4, 0.5) is 5.69 Å². The van der Waals surface area contributed by atoms with Gasteiger partial charge in [0, 0.05) is 24.7 Å². The molecule has 0 amide bonds. The van der Waals surface area contributed by atoms with Crippen molar-refractivity contribution in [3.05, 3.63) is 29.3 Å². The number of carbonyl (C=O) groups excluding carboxylic acids is 1. The molecule has 0 saturated heterocycles. The van der Waals surface area contributed by atoms with E-state index in [-0.39, 0.29) is 5.92 Å². The second-order valence-corrected chi connectivity index (χ2v) is 4.34. The molecule has 0 fully saturated rings. The quantitative estimate of drug-likeness (QED) is 0.723. The minimum absolute atomic E-state index is 0.140. The molecule has 2 heteroatoms. The number of aldehydes is 1. The van der Waals surface area contributed by atoms with E-state index in [1.54, 1.807) is 0 Å². The lowest BCUT2D eigenvalue weighted by molar-refractivity contribution is -0.109. The van der Waals surface area contributed by atoms with Gasteiger partial charge in [-0.1, -0.05) is 6.07 Å². The van der Waals surface area contributed by atoms with Gasteiger partial charge in [-0.25, -0.2) is 0 Å². The molecule has 0 aliphatic heterocycles. The highest BCUT2D eigenvalue weighted by Crippen LogP contribution is 2.34. The third-order valence-corrected chi connectivity index (χ3v) is 3.54. The Morgan fingerprint density at radius 1 is 1.38 bits per heavy atom. The van der Waals surface area contributed by atoms with Crippen LogP contribution >= 0.6 is 0 Å². The lowest BCUT2D eigenvalue weighted by atomic mass is 10.0. The molecule has 16 heavy (non-hydrogen) atoms. The number of hydrogen-bond donors (Lipinski definition) is 0. The molecule has 1 aromatic carbocycles. The number of anilines is 1. The Morgan fingerprint density at radius 2 is 2.12 bits per heavy atom. The van der Waals surface area contributed by atoms with Crippen molar-refractivity contribution in [2.24, 2.45) is 0 Å². The van der Waals surface area contributed by atoms with Crippen molar-refractivity contribution in [2.45, 2.75) is 32.6 Å². The van der Waals surface area contributed by atoms with E-state index in [9.17, 15) is 4.79 Å². The summed E-state index contributed by atoms with van der Waals surface area (Å²) in [5.41, 5.74) is 3.89. The SMILES string of the molecule is CCN(CC)c1ccc2c(c1)CCC2C=O. The molecule has 1 aliphatic rings. The van der Waals surface area contributed by atoms with Crippen LogP contribution in [0.3, 0.4) is 0 Å². The van der Waals surface area contributed by atoms with E-state index in [4.69, 9.17) is 0 Å². The van der Waals surface area contributed by atoms with Crippen LogP contribution in [0.5, 0.6) is 0 Å². The van der Waals surface area contributed by atoms with E-state index in [2.05, 4.69) is 36.9 Å². The van der Waals surface area contributed by atoms with Crippen LogP contribution in [-0.4, -0.2) is 19.4 Å². The minimum atomic E-state index is 0.140. The molecule has 1 aliphatic carbocycles. The second-order valence-electron chi connectivity index (χ2n) is 4.34. The van der Waals surface area contributed by atoms with Crippen molar-refractivity contribution in [3.63, 3.8) is 0 Å². The maximum Gasteiger partial charge on any atom is 0.127 e. The zero-order valence-electron chi connectivity index (χ0n) is 10.1. The van der Waals surface area contributed by atoms with Gasteiger partial charge in [0.05, 0.1) is 0 Å². The number of hydrogen-bond acceptors (Lipinski definition) is 2. The van der Waals surface area contributed by atoms with Gasteiger partial charge < -0.3 is 9.69 Å². The third kappa shape index (κ3) is 1.84. The normalized spacial score (nSPS) is 18.2. The van der Waals surface area contributed by atoms with Crippen LogP contribution in [-0.2, 0) is 11.2 Å². The number of aryl methyl sites for hydroxylation is 1. The third-order valence-electron chi connectivity index (χ3n) is 3.54. The summed E-state index contributed by atoms with van der Waals surface area (Å²) in [5, 5.41) is 0. The molecule has 0 aromatic heterocycles. The first-order valence-electron chi connectivity index (χ1n) is 6.13. The number of carbonyl (C=O) groups is 1. The fraction of sp³-hybridized carbons (Fsp3) is 0.500. The van der Waals surface area contributed by atoms with Crippen LogP contribution in [0.1, 0.15) is 37.3 Å². The molecule has 1 aromatic rings. The van der Waals surface area contributed by atoms with Gasteiger partial charge in [-0.15, -0.1) is 0 Å². The van der Waals surface area contributed by atoms with Crippen molar-refractivity contribution < 1.29 is 4.79 Å².